The topological polar surface area (TPSA) is 119 Å². The molecule has 0 saturated heterocycles. The van der Waals surface area contributed by atoms with Crippen molar-refractivity contribution in [1.29, 1.82) is 0 Å². The van der Waals surface area contributed by atoms with Gasteiger partial charge in [0.2, 0.25) is 5.91 Å². The van der Waals surface area contributed by atoms with Crippen LogP contribution in [0, 0.1) is 0 Å². The molecule has 0 saturated carbocycles. The van der Waals surface area contributed by atoms with Crippen molar-refractivity contribution in [2.45, 2.75) is 17.7 Å². The van der Waals surface area contributed by atoms with Crippen molar-refractivity contribution in [2.24, 2.45) is 12.8 Å². The Kier molecular flexibility index (Phi) is 5.68. The molecule has 0 radical (unpaired) electrons. The van der Waals surface area contributed by atoms with Crippen molar-refractivity contribution in [3.63, 3.8) is 0 Å². The predicted octanol–water partition coefficient (Wildman–Crippen LogP) is 0.815. The molecule has 4 N–H and O–H groups in total. The Morgan fingerprint density at radius 1 is 1.31 bits per heavy atom. The van der Waals surface area contributed by atoms with Crippen LogP contribution in [-0.4, -0.2) is 30.4 Å². The number of nitrogens with two attached hydrogens (primary N) is 1. The zero-order valence-corrected chi connectivity index (χ0v) is 14.4. The summed E-state index contributed by atoms with van der Waals surface area (Å²) in [4.78, 5) is 15.5. The van der Waals surface area contributed by atoms with Crippen LogP contribution < -0.4 is 15.8 Å². The Hall–Kier alpha value is -2.44. The van der Waals surface area contributed by atoms with E-state index in [9.17, 15) is 26.4 Å². The van der Waals surface area contributed by atoms with E-state index < -0.39 is 34.2 Å². The van der Waals surface area contributed by atoms with E-state index >= 15 is 0 Å². The molecule has 0 atom stereocenters. The second-order valence-corrected chi connectivity index (χ2v) is 7.08. The quantitative estimate of drug-likeness (QED) is 0.673. The SMILES string of the molecule is Cn1cnc(S(=O)(=O)NCC(=O)Nc2cc(CN)cc(C(F)(F)F)c2)c1. The number of carbonyl (C=O) groups is 1. The molecule has 0 spiro atoms. The molecule has 1 aromatic carbocycles. The minimum atomic E-state index is -4.61. The Bertz CT molecular complexity index is 909. The number of carbonyl (C=O) groups excluding carboxylic acids is 1. The van der Waals surface area contributed by atoms with Gasteiger partial charge in [0.25, 0.3) is 10.0 Å². The summed E-state index contributed by atoms with van der Waals surface area (Å²) in [6.45, 7) is -0.827. The number of aryl methyl sites for hydroxylation is 1. The molecule has 12 heteroatoms. The third-order valence-corrected chi connectivity index (χ3v) is 4.50. The van der Waals surface area contributed by atoms with Crippen LogP contribution in [0.3, 0.4) is 0 Å². The maximum atomic E-state index is 12.9. The van der Waals surface area contributed by atoms with Gasteiger partial charge in [0, 0.05) is 25.5 Å². The Morgan fingerprint density at radius 3 is 2.54 bits per heavy atom. The summed E-state index contributed by atoms with van der Waals surface area (Å²) in [5, 5.41) is 1.93. The number of halogens is 3. The molecule has 1 heterocycles. The van der Waals surface area contributed by atoms with Crippen molar-refractivity contribution in [3.8, 4) is 0 Å². The van der Waals surface area contributed by atoms with Crippen LogP contribution in [0.15, 0.2) is 35.7 Å². The van der Waals surface area contributed by atoms with Gasteiger partial charge in [-0.2, -0.15) is 13.2 Å². The number of rotatable bonds is 6. The molecule has 8 nitrogen and oxygen atoms in total. The van der Waals surface area contributed by atoms with Crippen LogP contribution in [0.5, 0.6) is 0 Å². The van der Waals surface area contributed by atoms with Crippen LogP contribution in [0.1, 0.15) is 11.1 Å². The summed E-state index contributed by atoms with van der Waals surface area (Å²) in [5.41, 5.74) is 4.43. The fourth-order valence-corrected chi connectivity index (χ4v) is 2.97. The van der Waals surface area contributed by atoms with Gasteiger partial charge in [0.1, 0.15) is 0 Å². The van der Waals surface area contributed by atoms with E-state index in [2.05, 4.69) is 10.3 Å². The van der Waals surface area contributed by atoms with Gasteiger partial charge in [0.15, 0.2) is 5.03 Å². The molecule has 0 aliphatic carbocycles. The number of sulfonamides is 1. The summed E-state index contributed by atoms with van der Waals surface area (Å²) in [7, 11) is -2.44. The van der Waals surface area contributed by atoms with E-state index in [1.165, 1.54) is 23.2 Å². The second-order valence-electron chi connectivity index (χ2n) is 5.37. The molecular formula is C14H16F3N5O3S. The first kappa shape index (κ1) is 19.9. The monoisotopic (exact) mass is 391 g/mol. The standard InChI is InChI=1S/C14H16F3N5O3S/c1-22-7-13(19-8-22)26(24,25)20-6-12(23)21-11-3-9(5-18)2-10(4-11)14(15,16)17/h2-4,7-8,20H,5-6,18H2,1H3,(H,21,23). The fourth-order valence-electron chi connectivity index (χ4n) is 2.01. The summed E-state index contributed by atoms with van der Waals surface area (Å²) in [5.74, 6) is -0.841. The lowest BCUT2D eigenvalue weighted by Gasteiger charge is -2.12. The Balaban J connectivity index is 2.08. The lowest BCUT2D eigenvalue weighted by atomic mass is 10.1. The smallest absolute Gasteiger partial charge is 0.339 e. The first-order chi connectivity index (χ1) is 12.0. The largest absolute Gasteiger partial charge is 0.416 e. The molecule has 2 rings (SSSR count). The number of hydrogen-bond acceptors (Lipinski definition) is 5. The molecule has 0 aliphatic heterocycles. The number of nitrogens with one attached hydrogen (secondary N) is 2. The van der Waals surface area contributed by atoms with Crippen molar-refractivity contribution in [3.05, 3.63) is 41.9 Å². The van der Waals surface area contributed by atoms with Gasteiger partial charge in [-0.15, -0.1) is 0 Å². The van der Waals surface area contributed by atoms with Gasteiger partial charge < -0.3 is 15.6 Å². The average Bonchev–Trinajstić information content (AvgIpc) is 2.99. The van der Waals surface area contributed by atoms with E-state index in [0.717, 1.165) is 12.1 Å². The summed E-state index contributed by atoms with van der Waals surface area (Å²) in [6.07, 6.45) is -2.10. The van der Waals surface area contributed by atoms with Crippen LogP contribution in [-0.2, 0) is 34.6 Å². The normalized spacial score (nSPS) is 12.2. The lowest BCUT2D eigenvalue weighted by Crippen LogP contribution is -2.33. The van der Waals surface area contributed by atoms with E-state index in [4.69, 9.17) is 5.73 Å². The van der Waals surface area contributed by atoms with Gasteiger partial charge >= 0.3 is 6.18 Å². The number of benzene rings is 1. The first-order valence-electron chi connectivity index (χ1n) is 7.20. The molecule has 0 aliphatic rings. The van der Waals surface area contributed by atoms with Gasteiger partial charge in [0.05, 0.1) is 18.4 Å². The van der Waals surface area contributed by atoms with Gasteiger partial charge in [-0.3, -0.25) is 4.79 Å². The summed E-state index contributed by atoms with van der Waals surface area (Å²) < 4.78 is 65.9. The molecule has 0 bridgehead atoms. The second kappa shape index (κ2) is 7.43. The number of alkyl halides is 3. The molecule has 0 fully saturated rings. The Labute approximate surface area is 147 Å². The minimum Gasteiger partial charge on any atom is -0.339 e. The van der Waals surface area contributed by atoms with Crippen molar-refractivity contribution in [1.82, 2.24) is 14.3 Å². The molecule has 0 unspecified atom stereocenters. The molecule has 142 valence electrons. The number of nitrogens with zero attached hydrogens (tertiary/aromatic N) is 2. The fraction of sp³-hybridized carbons (Fsp3) is 0.286. The highest BCUT2D eigenvalue weighted by Crippen LogP contribution is 2.31. The highest BCUT2D eigenvalue weighted by Gasteiger charge is 2.31. The number of imidazole rings is 1. The van der Waals surface area contributed by atoms with E-state index in [1.807, 2.05) is 4.72 Å². The third-order valence-electron chi connectivity index (χ3n) is 3.22. The van der Waals surface area contributed by atoms with Gasteiger partial charge in [-0.05, 0) is 23.8 Å². The molecular weight excluding hydrogens is 375 g/mol. The van der Waals surface area contributed by atoms with Crippen molar-refractivity contribution < 1.29 is 26.4 Å². The summed E-state index contributed by atoms with van der Waals surface area (Å²) >= 11 is 0. The van der Waals surface area contributed by atoms with E-state index in [-0.39, 0.29) is 22.8 Å². The number of amides is 1. The number of anilines is 1. The number of hydrogen-bond donors (Lipinski definition) is 3. The Morgan fingerprint density at radius 2 is 2.00 bits per heavy atom. The number of aromatic nitrogens is 2. The van der Waals surface area contributed by atoms with Crippen LogP contribution >= 0.6 is 0 Å². The van der Waals surface area contributed by atoms with Crippen LogP contribution in [0.2, 0.25) is 0 Å². The highest BCUT2D eigenvalue weighted by atomic mass is 32.2. The highest BCUT2D eigenvalue weighted by molar-refractivity contribution is 7.89. The average molecular weight is 391 g/mol. The third kappa shape index (κ3) is 5.03. The zero-order chi connectivity index (χ0) is 19.5. The molecule has 26 heavy (non-hydrogen) atoms. The maximum absolute atomic E-state index is 12.9. The maximum Gasteiger partial charge on any atom is 0.416 e. The van der Waals surface area contributed by atoms with Crippen LogP contribution in [0.4, 0.5) is 18.9 Å². The minimum absolute atomic E-state index is 0.137. The predicted molar refractivity (Wildman–Crippen MR) is 86.4 cm³/mol. The van der Waals surface area contributed by atoms with E-state index in [1.54, 1.807) is 7.05 Å². The summed E-state index contributed by atoms with van der Waals surface area (Å²) in [6, 6.07) is 2.89. The van der Waals surface area contributed by atoms with E-state index in [0.29, 0.717) is 0 Å². The van der Waals surface area contributed by atoms with Crippen LogP contribution in [0.25, 0.3) is 0 Å². The van der Waals surface area contributed by atoms with Gasteiger partial charge in [-0.25, -0.2) is 18.1 Å². The molecule has 2 aromatic rings. The zero-order valence-electron chi connectivity index (χ0n) is 13.5. The van der Waals surface area contributed by atoms with Crippen molar-refractivity contribution >= 4 is 21.6 Å². The first-order valence-corrected chi connectivity index (χ1v) is 8.68. The van der Waals surface area contributed by atoms with Gasteiger partial charge in [-0.1, -0.05) is 0 Å². The molecule has 1 aromatic heterocycles. The van der Waals surface area contributed by atoms with Crippen molar-refractivity contribution in [2.75, 3.05) is 11.9 Å². The lowest BCUT2D eigenvalue weighted by molar-refractivity contribution is -0.137. The molecule has 1 amide bonds.